The second kappa shape index (κ2) is 9.00. The summed E-state index contributed by atoms with van der Waals surface area (Å²) in [7, 11) is 0. The lowest BCUT2D eigenvalue weighted by atomic mass is 9.99. The van der Waals surface area contributed by atoms with Gasteiger partial charge in [0.15, 0.2) is 5.11 Å². The van der Waals surface area contributed by atoms with Crippen LogP contribution < -0.4 is 15.6 Å². The van der Waals surface area contributed by atoms with Gasteiger partial charge in [0.25, 0.3) is 0 Å². The summed E-state index contributed by atoms with van der Waals surface area (Å²) in [6.45, 7) is 8.65. The van der Waals surface area contributed by atoms with Gasteiger partial charge in [-0.15, -0.1) is 0 Å². The molecule has 0 unspecified atom stereocenters. The summed E-state index contributed by atoms with van der Waals surface area (Å²) in [4.78, 5) is 2.49. The van der Waals surface area contributed by atoms with Gasteiger partial charge in [0.05, 0.1) is 6.21 Å². The topological polar surface area (TPSA) is 39.7 Å². The highest BCUT2D eigenvalue weighted by atomic mass is 32.1. The number of thiocarbonyl (C=S) groups is 1. The van der Waals surface area contributed by atoms with Crippen LogP contribution in [-0.2, 0) is 6.42 Å². The predicted molar refractivity (Wildman–Crippen MR) is 120 cm³/mol. The molecule has 0 bridgehead atoms. The smallest absolute Gasteiger partial charge is 0.191 e. The third-order valence-corrected chi connectivity index (χ3v) is 5.10. The van der Waals surface area contributed by atoms with Gasteiger partial charge in [-0.2, -0.15) is 5.10 Å². The molecule has 4 nitrogen and oxygen atoms in total. The van der Waals surface area contributed by atoms with E-state index in [1.54, 1.807) is 0 Å². The zero-order valence-corrected chi connectivity index (χ0v) is 17.2. The van der Waals surface area contributed by atoms with Crippen molar-refractivity contribution in [2.75, 3.05) is 23.3 Å². The van der Waals surface area contributed by atoms with Gasteiger partial charge in [0.1, 0.15) is 0 Å². The Morgan fingerprint density at radius 3 is 2.74 bits per heavy atom. The molecule has 27 heavy (non-hydrogen) atoms. The van der Waals surface area contributed by atoms with Crippen LogP contribution in [-0.4, -0.2) is 24.4 Å². The molecule has 1 aliphatic heterocycles. The predicted octanol–water partition coefficient (Wildman–Crippen LogP) is 4.79. The molecule has 1 aliphatic rings. The Labute approximate surface area is 167 Å². The van der Waals surface area contributed by atoms with Gasteiger partial charge in [0.2, 0.25) is 0 Å². The van der Waals surface area contributed by atoms with E-state index in [1.165, 1.54) is 24.1 Å². The van der Waals surface area contributed by atoms with Crippen LogP contribution >= 0.6 is 12.2 Å². The SMILES string of the molecule is CCCN1CCCc2cc(C=NNC(=S)Nc3c(C)cccc3C)ccc21. The molecule has 0 saturated heterocycles. The fourth-order valence-electron chi connectivity index (χ4n) is 3.60. The zero-order chi connectivity index (χ0) is 19.2. The van der Waals surface area contributed by atoms with Crippen molar-refractivity contribution in [3.8, 4) is 0 Å². The molecule has 2 aromatic carbocycles. The number of nitrogens with one attached hydrogen (secondary N) is 2. The highest BCUT2D eigenvalue weighted by Crippen LogP contribution is 2.27. The van der Waals surface area contributed by atoms with Crippen LogP contribution in [0.15, 0.2) is 41.5 Å². The molecule has 0 fully saturated rings. The highest BCUT2D eigenvalue weighted by Gasteiger charge is 2.15. The third kappa shape index (κ3) is 4.86. The number of fused-ring (bicyclic) bond motifs is 1. The maximum Gasteiger partial charge on any atom is 0.191 e. The normalized spacial score (nSPS) is 13.5. The first-order chi connectivity index (χ1) is 13.1. The number of hydrazone groups is 1. The molecule has 2 N–H and O–H groups in total. The van der Waals surface area contributed by atoms with Gasteiger partial charge < -0.3 is 10.2 Å². The van der Waals surface area contributed by atoms with Gasteiger partial charge in [-0.3, -0.25) is 5.43 Å². The fraction of sp³-hybridized carbons (Fsp3) is 0.364. The number of aryl methyl sites for hydroxylation is 3. The van der Waals surface area contributed by atoms with Crippen LogP contribution in [0.3, 0.4) is 0 Å². The monoisotopic (exact) mass is 380 g/mol. The van der Waals surface area contributed by atoms with Crippen LogP contribution in [0.1, 0.15) is 42.0 Å². The minimum Gasteiger partial charge on any atom is -0.371 e. The van der Waals surface area contributed by atoms with E-state index < -0.39 is 0 Å². The second-order valence-electron chi connectivity index (χ2n) is 7.07. The number of anilines is 2. The van der Waals surface area contributed by atoms with Crippen LogP contribution in [0, 0.1) is 13.8 Å². The molecule has 0 atom stereocenters. The average molecular weight is 381 g/mol. The lowest BCUT2D eigenvalue weighted by molar-refractivity contribution is 0.681. The van der Waals surface area contributed by atoms with Gasteiger partial charge in [-0.05, 0) is 79.7 Å². The van der Waals surface area contributed by atoms with E-state index in [4.69, 9.17) is 12.2 Å². The van der Waals surface area contributed by atoms with Crippen LogP contribution in [0.4, 0.5) is 11.4 Å². The Morgan fingerprint density at radius 2 is 2.00 bits per heavy atom. The zero-order valence-electron chi connectivity index (χ0n) is 16.4. The summed E-state index contributed by atoms with van der Waals surface area (Å²) in [5.41, 5.74) is 10.2. The van der Waals surface area contributed by atoms with Crippen molar-refractivity contribution >= 4 is 34.9 Å². The van der Waals surface area contributed by atoms with Crippen LogP contribution in [0.25, 0.3) is 0 Å². The second-order valence-corrected chi connectivity index (χ2v) is 7.48. The average Bonchev–Trinajstić information content (AvgIpc) is 2.65. The van der Waals surface area contributed by atoms with Crippen molar-refractivity contribution in [3.05, 3.63) is 58.7 Å². The third-order valence-electron chi connectivity index (χ3n) is 4.91. The van der Waals surface area contributed by atoms with Crippen molar-refractivity contribution in [1.82, 2.24) is 5.43 Å². The number of para-hydroxylation sites is 1. The van der Waals surface area contributed by atoms with E-state index in [1.807, 2.05) is 12.3 Å². The van der Waals surface area contributed by atoms with E-state index in [9.17, 15) is 0 Å². The molecule has 2 aromatic rings. The molecular weight excluding hydrogens is 352 g/mol. The lowest BCUT2D eigenvalue weighted by Crippen LogP contribution is -2.30. The molecule has 5 heteroatoms. The van der Waals surface area contributed by atoms with Crippen molar-refractivity contribution in [2.24, 2.45) is 5.10 Å². The lowest BCUT2D eigenvalue weighted by Gasteiger charge is -2.31. The first-order valence-corrected chi connectivity index (χ1v) is 10.0. The van der Waals surface area contributed by atoms with Gasteiger partial charge in [0, 0.05) is 24.5 Å². The molecular formula is C22H28N4S. The summed E-state index contributed by atoms with van der Waals surface area (Å²) in [5.74, 6) is 0. The number of hydrogen-bond donors (Lipinski definition) is 2. The Balaban J connectivity index is 1.62. The number of benzene rings is 2. The number of nitrogens with zero attached hydrogens (tertiary/aromatic N) is 2. The first-order valence-electron chi connectivity index (χ1n) is 9.62. The highest BCUT2D eigenvalue weighted by molar-refractivity contribution is 7.80. The molecule has 0 aliphatic carbocycles. The molecule has 1 heterocycles. The van der Waals surface area contributed by atoms with Crippen LogP contribution in [0.2, 0.25) is 0 Å². The minimum absolute atomic E-state index is 0.496. The molecule has 0 amide bonds. The van der Waals surface area contributed by atoms with Crippen molar-refractivity contribution < 1.29 is 0 Å². The molecule has 142 valence electrons. The summed E-state index contributed by atoms with van der Waals surface area (Å²) in [5, 5.41) is 8.04. The maximum absolute atomic E-state index is 5.37. The van der Waals surface area contributed by atoms with E-state index in [2.05, 4.69) is 71.8 Å². The number of rotatable bonds is 5. The van der Waals surface area contributed by atoms with E-state index in [0.29, 0.717) is 5.11 Å². The van der Waals surface area contributed by atoms with Gasteiger partial charge in [-0.1, -0.05) is 31.2 Å². The summed E-state index contributed by atoms with van der Waals surface area (Å²) < 4.78 is 0. The quantitative estimate of drug-likeness (QED) is 0.445. The largest absolute Gasteiger partial charge is 0.371 e. The van der Waals surface area contributed by atoms with Crippen molar-refractivity contribution in [3.63, 3.8) is 0 Å². The van der Waals surface area contributed by atoms with E-state index >= 15 is 0 Å². The number of hydrogen-bond acceptors (Lipinski definition) is 3. The Hall–Kier alpha value is -2.40. The fourth-order valence-corrected chi connectivity index (χ4v) is 3.75. The first kappa shape index (κ1) is 19.4. The molecule has 0 spiro atoms. The Kier molecular flexibility index (Phi) is 6.45. The Morgan fingerprint density at radius 1 is 1.22 bits per heavy atom. The Bertz CT molecular complexity index is 824. The summed E-state index contributed by atoms with van der Waals surface area (Å²) >= 11 is 5.37. The molecule has 3 rings (SSSR count). The van der Waals surface area contributed by atoms with Crippen molar-refractivity contribution in [1.29, 1.82) is 0 Å². The minimum atomic E-state index is 0.496. The van der Waals surface area contributed by atoms with Crippen molar-refractivity contribution in [2.45, 2.75) is 40.0 Å². The van der Waals surface area contributed by atoms with E-state index in [0.717, 1.165) is 41.9 Å². The molecule has 0 aromatic heterocycles. The van der Waals surface area contributed by atoms with Gasteiger partial charge in [-0.25, -0.2) is 0 Å². The summed E-state index contributed by atoms with van der Waals surface area (Å²) in [6, 6.07) is 12.8. The van der Waals surface area contributed by atoms with Gasteiger partial charge >= 0.3 is 0 Å². The van der Waals surface area contributed by atoms with E-state index in [-0.39, 0.29) is 0 Å². The summed E-state index contributed by atoms with van der Waals surface area (Å²) in [6.07, 6.45) is 5.36. The molecule has 0 radical (unpaired) electrons. The maximum atomic E-state index is 5.37. The standard InChI is InChI=1S/C22H28N4S/c1-4-12-26-13-6-9-19-14-18(10-11-20(19)26)15-23-25-22(27)24-21-16(2)7-5-8-17(21)3/h5,7-8,10-11,14-15H,4,6,9,12-13H2,1-3H3,(H2,24,25,27). The van der Waals surface area contributed by atoms with Crippen LogP contribution in [0.5, 0.6) is 0 Å². The molecule has 0 saturated carbocycles.